The highest BCUT2D eigenvalue weighted by atomic mass is 32.2. The van der Waals surface area contributed by atoms with Crippen LogP contribution in [-0.2, 0) is 19.6 Å². The number of thiocarbonyl (C=S) groups is 1. The van der Waals surface area contributed by atoms with Crippen molar-refractivity contribution in [3.8, 4) is 0 Å². The van der Waals surface area contributed by atoms with Gasteiger partial charge in [0.25, 0.3) is 11.6 Å². The molecule has 0 spiro atoms. The van der Waals surface area contributed by atoms with Crippen LogP contribution in [0.2, 0.25) is 0 Å². The smallest absolute Gasteiger partial charge is 0.269 e. The van der Waals surface area contributed by atoms with Gasteiger partial charge in [0.05, 0.1) is 14.7 Å². The molecule has 0 aromatic heterocycles. The predicted molar refractivity (Wildman–Crippen MR) is 124 cm³/mol. The molecule has 32 heavy (non-hydrogen) atoms. The van der Waals surface area contributed by atoms with Gasteiger partial charge in [0.2, 0.25) is 15.9 Å². The van der Waals surface area contributed by atoms with Crippen molar-refractivity contribution in [2.24, 2.45) is 5.14 Å². The highest BCUT2D eigenvalue weighted by molar-refractivity contribution is 8.26. The number of nitro benzene ring substituents is 1. The summed E-state index contributed by atoms with van der Waals surface area (Å²) in [5.74, 6) is -0.745. The summed E-state index contributed by atoms with van der Waals surface area (Å²) in [6, 6.07) is 11.1. The number of sulfonamides is 1. The quantitative estimate of drug-likeness (QED) is 0.259. The maximum absolute atomic E-state index is 12.6. The summed E-state index contributed by atoms with van der Waals surface area (Å²) in [5.41, 5.74) is 0.933. The minimum absolute atomic E-state index is 0.0335. The van der Waals surface area contributed by atoms with E-state index in [1.54, 1.807) is 6.08 Å². The van der Waals surface area contributed by atoms with Crippen LogP contribution in [0.5, 0.6) is 0 Å². The van der Waals surface area contributed by atoms with Crippen molar-refractivity contribution in [3.63, 3.8) is 0 Å². The fourth-order valence-corrected chi connectivity index (χ4v) is 4.53. The number of nitrogens with two attached hydrogens (primary N) is 1. The number of thioether (sulfide) groups is 1. The molecule has 0 unspecified atom stereocenters. The van der Waals surface area contributed by atoms with Crippen LogP contribution < -0.4 is 10.5 Å². The van der Waals surface area contributed by atoms with Gasteiger partial charge < -0.3 is 5.32 Å². The molecule has 3 N–H and O–H groups in total. The second-order valence-electron chi connectivity index (χ2n) is 6.55. The van der Waals surface area contributed by atoms with E-state index in [1.165, 1.54) is 53.4 Å². The number of anilines is 1. The number of hydrogen-bond acceptors (Lipinski definition) is 8. The molecule has 0 atom stereocenters. The number of nitro groups is 1. The van der Waals surface area contributed by atoms with Crippen molar-refractivity contribution in [1.82, 2.24) is 4.90 Å². The molecule has 1 aliphatic heterocycles. The second-order valence-corrected chi connectivity index (χ2v) is 9.79. The first-order chi connectivity index (χ1) is 15.0. The van der Waals surface area contributed by atoms with Gasteiger partial charge in [-0.15, -0.1) is 0 Å². The first kappa shape index (κ1) is 23.5. The zero-order valence-electron chi connectivity index (χ0n) is 16.3. The number of nitrogens with zero attached hydrogens (tertiary/aromatic N) is 2. The molecule has 1 heterocycles. The fourth-order valence-electron chi connectivity index (χ4n) is 2.70. The Balaban J connectivity index is 1.59. The van der Waals surface area contributed by atoms with Gasteiger partial charge in [-0.1, -0.05) is 24.0 Å². The van der Waals surface area contributed by atoms with Crippen molar-refractivity contribution < 1.29 is 22.9 Å². The molecule has 3 rings (SSSR count). The maximum atomic E-state index is 12.6. The van der Waals surface area contributed by atoms with Crippen LogP contribution >= 0.6 is 24.0 Å². The lowest BCUT2D eigenvalue weighted by atomic mass is 10.2. The molecular weight excluding hydrogens is 476 g/mol. The molecule has 0 aliphatic carbocycles. The molecule has 10 nitrogen and oxygen atoms in total. The Morgan fingerprint density at radius 1 is 1.19 bits per heavy atom. The van der Waals surface area contributed by atoms with E-state index in [1.807, 2.05) is 0 Å². The molecule has 2 aromatic carbocycles. The summed E-state index contributed by atoms with van der Waals surface area (Å²) in [4.78, 5) is 36.7. The Morgan fingerprint density at radius 2 is 1.81 bits per heavy atom. The van der Waals surface area contributed by atoms with Crippen molar-refractivity contribution >= 4 is 67.6 Å². The Kier molecular flexibility index (Phi) is 7.03. The van der Waals surface area contributed by atoms with Gasteiger partial charge in [0.15, 0.2) is 0 Å². The minimum atomic E-state index is -3.82. The van der Waals surface area contributed by atoms with Crippen molar-refractivity contribution in [3.05, 3.63) is 69.1 Å². The highest BCUT2D eigenvalue weighted by Gasteiger charge is 2.32. The normalized spacial score (nSPS) is 15.3. The molecule has 1 aliphatic rings. The first-order valence-electron chi connectivity index (χ1n) is 8.97. The molecule has 2 aromatic rings. The lowest BCUT2D eigenvalue weighted by molar-refractivity contribution is -0.384. The van der Waals surface area contributed by atoms with E-state index in [0.29, 0.717) is 20.5 Å². The third-order valence-corrected chi connectivity index (χ3v) is 6.61. The Labute approximate surface area is 192 Å². The molecule has 1 saturated heterocycles. The van der Waals surface area contributed by atoms with Crippen LogP contribution in [-0.4, -0.2) is 40.9 Å². The second kappa shape index (κ2) is 9.56. The molecule has 13 heteroatoms. The Hall–Kier alpha value is -3.13. The SMILES string of the molecule is NS(=O)(=O)c1ccc(NC(=O)CCN2C(=O)/C(=C/c3ccc([N+](=O)[O-])cc3)SC2=S)cc1. The molecule has 2 amide bonds. The number of amides is 2. The van der Waals surface area contributed by atoms with E-state index < -0.39 is 14.9 Å². The maximum Gasteiger partial charge on any atom is 0.269 e. The van der Waals surface area contributed by atoms with Crippen LogP contribution in [0.4, 0.5) is 11.4 Å². The summed E-state index contributed by atoms with van der Waals surface area (Å²) in [7, 11) is -3.82. The van der Waals surface area contributed by atoms with E-state index >= 15 is 0 Å². The summed E-state index contributed by atoms with van der Waals surface area (Å²) >= 11 is 6.32. The third-order valence-electron chi connectivity index (χ3n) is 4.30. The highest BCUT2D eigenvalue weighted by Crippen LogP contribution is 2.32. The van der Waals surface area contributed by atoms with E-state index in [0.717, 1.165) is 11.8 Å². The van der Waals surface area contributed by atoms with Crippen LogP contribution in [0.1, 0.15) is 12.0 Å². The van der Waals surface area contributed by atoms with Crippen LogP contribution in [0.3, 0.4) is 0 Å². The van der Waals surface area contributed by atoms with Crippen molar-refractivity contribution in [2.75, 3.05) is 11.9 Å². The zero-order valence-corrected chi connectivity index (χ0v) is 18.7. The summed E-state index contributed by atoms with van der Waals surface area (Å²) in [6.07, 6.45) is 1.55. The summed E-state index contributed by atoms with van der Waals surface area (Å²) in [6.45, 7) is 0.0589. The summed E-state index contributed by atoms with van der Waals surface area (Å²) in [5, 5.41) is 18.4. The topological polar surface area (TPSA) is 153 Å². The van der Waals surface area contributed by atoms with Gasteiger partial charge in [-0.05, 0) is 48.0 Å². The molecule has 166 valence electrons. The Bertz CT molecular complexity index is 1220. The van der Waals surface area contributed by atoms with Gasteiger partial charge in [-0.25, -0.2) is 13.6 Å². The lowest BCUT2D eigenvalue weighted by Crippen LogP contribution is -2.31. The number of hydrogen-bond donors (Lipinski definition) is 2. The first-order valence-corrected chi connectivity index (χ1v) is 11.7. The minimum Gasteiger partial charge on any atom is -0.326 e. The number of rotatable bonds is 7. The Morgan fingerprint density at radius 3 is 2.38 bits per heavy atom. The number of non-ortho nitro benzene ring substituents is 1. The number of nitrogens with one attached hydrogen (secondary N) is 1. The van der Waals surface area contributed by atoms with Crippen molar-refractivity contribution in [2.45, 2.75) is 11.3 Å². The fraction of sp³-hybridized carbons (Fsp3) is 0.105. The van der Waals surface area contributed by atoms with E-state index in [4.69, 9.17) is 17.4 Å². The average Bonchev–Trinajstić information content (AvgIpc) is 2.99. The third kappa shape index (κ3) is 5.76. The molecule has 0 radical (unpaired) electrons. The standard InChI is InChI=1S/C19H16N4O6S3/c20-32(28,29)15-7-3-13(4-8-15)21-17(24)9-10-22-18(25)16(31-19(22)30)11-12-1-5-14(6-2-12)23(26)27/h1-8,11H,9-10H2,(H,21,24)(H2,20,28,29)/b16-11-. The zero-order chi connectivity index (χ0) is 23.5. The lowest BCUT2D eigenvalue weighted by Gasteiger charge is -2.14. The monoisotopic (exact) mass is 492 g/mol. The molecular formula is C19H16N4O6S3. The van der Waals surface area contributed by atoms with E-state index in [-0.39, 0.29) is 35.4 Å². The summed E-state index contributed by atoms with van der Waals surface area (Å²) < 4.78 is 22.8. The molecule has 0 bridgehead atoms. The van der Waals surface area contributed by atoms with Gasteiger partial charge in [0.1, 0.15) is 4.32 Å². The molecule has 0 saturated carbocycles. The number of primary sulfonamides is 1. The van der Waals surface area contributed by atoms with E-state index in [9.17, 15) is 28.1 Å². The van der Waals surface area contributed by atoms with Gasteiger partial charge in [-0.2, -0.15) is 0 Å². The van der Waals surface area contributed by atoms with E-state index in [2.05, 4.69) is 5.32 Å². The number of benzene rings is 2. The van der Waals surface area contributed by atoms with Crippen molar-refractivity contribution in [1.29, 1.82) is 0 Å². The number of carbonyl (C=O) groups is 2. The predicted octanol–water partition coefficient (Wildman–Crippen LogP) is 2.47. The van der Waals surface area contributed by atoms with Gasteiger partial charge in [0, 0.05) is 30.8 Å². The van der Waals surface area contributed by atoms with Crippen LogP contribution in [0.25, 0.3) is 6.08 Å². The van der Waals surface area contributed by atoms with Crippen LogP contribution in [0.15, 0.2) is 58.3 Å². The molecule has 1 fully saturated rings. The van der Waals surface area contributed by atoms with Gasteiger partial charge in [-0.3, -0.25) is 24.6 Å². The van der Waals surface area contributed by atoms with Gasteiger partial charge >= 0.3 is 0 Å². The average molecular weight is 493 g/mol. The van der Waals surface area contributed by atoms with Crippen LogP contribution in [0, 0.1) is 10.1 Å². The number of carbonyl (C=O) groups excluding carboxylic acids is 2. The largest absolute Gasteiger partial charge is 0.326 e.